The number of hydrogen-bond donors (Lipinski definition) is 2. The number of amides is 1. The van der Waals surface area contributed by atoms with E-state index in [9.17, 15) is 14.7 Å². The largest absolute Gasteiger partial charge is 0.548 e. The van der Waals surface area contributed by atoms with Crippen molar-refractivity contribution in [3.05, 3.63) is 24.0 Å². The standard InChI is InChI=1S/C9H12N4O3/c10-7(9(15)16)2-4-13-3-1-6(5-12-13)8(11)14/h1,3,5,7H,2,4,10H2,(H2-,11,14,15,16). The summed E-state index contributed by atoms with van der Waals surface area (Å²) in [6.45, 7) is 0.328. The van der Waals surface area contributed by atoms with Gasteiger partial charge >= 0.3 is 0 Å². The van der Waals surface area contributed by atoms with Crippen LogP contribution in [0.4, 0.5) is 0 Å². The quantitative estimate of drug-likeness (QED) is 0.513. The van der Waals surface area contributed by atoms with Crippen molar-refractivity contribution >= 4 is 11.9 Å². The molecule has 1 heterocycles. The second-order valence-corrected chi connectivity index (χ2v) is 3.26. The first-order chi connectivity index (χ1) is 7.50. The van der Waals surface area contributed by atoms with Gasteiger partial charge in [0.2, 0.25) is 0 Å². The van der Waals surface area contributed by atoms with Crippen LogP contribution in [0, 0.1) is 0 Å². The molecule has 1 unspecified atom stereocenters. The van der Waals surface area contributed by atoms with Gasteiger partial charge in [0.05, 0.1) is 17.6 Å². The second-order valence-electron chi connectivity index (χ2n) is 3.26. The average Bonchev–Trinajstić information content (AvgIpc) is 2.26. The molecule has 1 aromatic rings. The van der Waals surface area contributed by atoms with Crippen molar-refractivity contribution in [1.82, 2.24) is 5.10 Å². The Balaban J connectivity index is 2.56. The summed E-state index contributed by atoms with van der Waals surface area (Å²) in [5.74, 6) is -1.86. The van der Waals surface area contributed by atoms with Crippen LogP contribution in [0.25, 0.3) is 0 Å². The van der Waals surface area contributed by atoms with E-state index in [4.69, 9.17) is 11.5 Å². The number of hydrogen-bond acceptors (Lipinski definition) is 5. The van der Waals surface area contributed by atoms with Crippen LogP contribution in [-0.2, 0) is 11.3 Å². The van der Waals surface area contributed by atoms with Gasteiger partial charge in [-0.15, -0.1) is 0 Å². The van der Waals surface area contributed by atoms with Gasteiger partial charge in [-0.2, -0.15) is 0 Å². The Kier molecular flexibility index (Phi) is 3.90. The fourth-order valence-corrected chi connectivity index (χ4v) is 1.05. The monoisotopic (exact) mass is 224 g/mol. The molecule has 86 valence electrons. The van der Waals surface area contributed by atoms with E-state index in [1.54, 1.807) is 0 Å². The summed E-state index contributed by atoms with van der Waals surface area (Å²) < 4.78 is 1.47. The van der Waals surface area contributed by atoms with Crippen molar-refractivity contribution in [2.75, 3.05) is 0 Å². The van der Waals surface area contributed by atoms with Crippen LogP contribution in [0.3, 0.4) is 0 Å². The van der Waals surface area contributed by atoms with E-state index in [2.05, 4.69) is 5.10 Å². The minimum absolute atomic E-state index is 0.204. The molecule has 0 aromatic carbocycles. The summed E-state index contributed by atoms with van der Waals surface area (Å²) in [6, 6.07) is 0.477. The molecule has 0 radical (unpaired) electrons. The predicted molar refractivity (Wildman–Crippen MR) is 50.5 cm³/mol. The molecule has 0 saturated carbocycles. The molecule has 7 heteroatoms. The van der Waals surface area contributed by atoms with Crippen LogP contribution in [0.1, 0.15) is 16.8 Å². The third-order valence-corrected chi connectivity index (χ3v) is 2.03. The molecule has 0 aliphatic heterocycles. The van der Waals surface area contributed by atoms with Gasteiger partial charge in [0, 0.05) is 12.5 Å². The number of aryl methyl sites for hydroxylation is 1. The number of carbonyl (C=O) groups excluding carboxylic acids is 2. The van der Waals surface area contributed by atoms with Gasteiger partial charge in [0.15, 0.2) is 12.7 Å². The van der Waals surface area contributed by atoms with Gasteiger partial charge in [0.25, 0.3) is 5.91 Å². The maximum Gasteiger partial charge on any atom is 0.250 e. The Morgan fingerprint density at radius 1 is 1.56 bits per heavy atom. The third-order valence-electron chi connectivity index (χ3n) is 2.03. The van der Waals surface area contributed by atoms with Gasteiger partial charge in [-0.25, -0.2) is 0 Å². The van der Waals surface area contributed by atoms with Crippen molar-refractivity contribution in [3.63, 3.8) is 0 Å². The van der Waals surface area contributed by atoms with Crippen molar-refractivity contribution < 1.29 is 19.4 Å². The lowest BCUT2D eigenvalue weighted by atomic mass is 10.2. The zero-order valence-corrected chi connectivity index (χ0v) is 8.50. The molecule has 16 heavy (non-hydrogen) atoms. The molecule has 1 rings (SSSR count). The SMILES string of the molecule is NC(=O)c1cc[n+](CCC(N)C(=O)[O-])nc1. The number of aromatic nitrogens is 2. The van der Waals surface area contributed by atoms with Crippen LogP contribution < -0.4 is 21.3 Å². The van der Waals surface area contributed by atoms with Crippen molar-refractivity contribution in [2.24, 2.45) is 11.5 Å². The van der Waals surface area contributed by atoms with Crippen LogP contribution in [0.2, 0.25) is 0 Å². The summed E-state index contributed by atoms with van der Waals surface area (Å²) in [5, 5.41) is 14.2. The first kappa shape index (κ1) is 12.1. The molecule has 0 spiro atoms. The fourth-order valence-electron chi connectivity index (χ4n) is 1.05. The van der Waals surface area contributed by atoms with Gasteiger partial charge in [-0.05, 0) is 5.10 Å². The third kappa shape index (κ3) is 3.28. The lowest BCUT2D eigenvalue weighted by Crippen LogP contribution is -2.46. The topological polar surface area (TPSA) is 126 Å². The first-order valence-electron chi connectivity index (χ1n) is 4.62. The molecule has 0 fully saturated rings. The van der Waals surface area contributed by atoms with Crippen LogP contribution >= 0.6 is 0 Å². The average molecular weight is 224 g/mol. The summed E-state index contributed by atoms with van der Waals surface area (Å²) in [6.07, 6.45) is 3.05. The van der Waals surface area contributed by atoms with E-state index in [0.717, 1.165) is 0 Å². The number of nitrogens with zero attached hydrogens (tertiary/aromatic N) is 2. The van der Waals surface area contributed by atoms with E-state index < -0.39 is 17.9 Å². The fraction of sp³-hybridized carbons (Fsp3) is 0.333. The number of nitrogens with two attached hydrogens (primary N) is 2. The lowest BCUT2D eigenvalue weighted by Gasteiger charge is -2.08. The molecule has 1 aromatic heterocycles. The maximum absolute atomic E-state index is 10.7. The van der Waals surface area contributed by atoms with E-state index in [-0.39, 0.29) is 6.42 Å². The summed E-state index contributed by atoms with van der Waals surface area (Å²) >= 11 is 0. The molecule has 0 saturated heterocycles. The smallest absolute Gasteiger partial charge is 0.250 e. The minimum atomic E-state index is -1.30. The molecule has 1 atom stereocenters. The number of primary amides is 1. The van der Waals surface area contributed by atoms with Crippen LogP contribution in [0.5, 0.6) is 0 Å². The Morgan fingerprint density at radius 2 is 2.25 bits per heavy atom. The van der Waals surface area contributed by atoms with E-state index >= 15 is 0 Å². The van der Waals surface area contributed by atoms with Crippen molar-refractivity contribution in [3.8, 4) is 0 Å². The summed E-state index contributed by atoms with van der Waals surface area (Å²) in [5.41, 5.74) is 10.6. The summed E-state index contributed by atoms with van der Waals surface area (Å²) in [4.78, 5) is 21.1. The molecule has 0 aliphatic rings. The minimum Gasteiger partial charge on any atom is -0.548 e. The predicted octanol–water partition coefficient (Wildman–Crippen LogP) is -3.06. The molecule has 1 amide bonds. The zero-order chi connectivity index (χ0) is 12.1. The van der Waals surface area contributed by atoms with E-state index in [1.807, 2.05) is 0 Å². The van der Waals surface area contributed by atoms with Crippen molar-refractivity contribution in [2.45, 2.75) is 19.0 Å². The zero-order valence-electron chi connectivity index (χ0n) is 8.50. The van der Waals surface area contributed by atoms with Gasteiger partial charge in [-0.3, -0.25) is 4.79 Å². The van der Waals surface area contributed by atoms with Gasteiger partial charge < -0.3 is 21.4 Å². The van der Waals surface area contributed by atoms with Crippen LogP contribution in [0.15, 0.2) is 18.5 Å². The number of rotatable bonds is 5. The molecule has 0 aliphatic carbocycles. The molecular weight excluding hydrogens is 212 g/mol. The van der Waals surface area contributed by atoms with Crippen molar-refractivity contribution in [1.29, 1.82) is 0 Å². The highest BCUT2D eigenvalue weighted by Crippen LogP contribution is 1.91. The number of carboxylic acid groups (broad SMARTS) is 1. The second kappa shape index (κ2) is 5.17. The molecule has 4 N–H and O–H groups in total. The summed E-state index contributed by atoms with van der Waals surface area (Å²) in [7, 11) is 0. The normalized spacial score (nSPS) is 12.1. The van der Waals surface area contributed by atoms with E-state index in [0.29, 0.717) is 12.1 Å². The lowest BCUT2D eigenvalue weighted by molar-refractivity contribution is -0.754. The van der Waals surface area contributed by atoms with Crippen LogP contribution in [-0.4, -0.2) is 23.0 Å². The molecular formula is C9H12N4O3. The Bertz CT molecular complexity index is 390. The van der Waals surface area contributed by atoms with E-state index in [1.165, 1.54) is 23.1 Å². The molecule has 7 nitrogen and oxygen atoms in total. The first-order valence-corrected chi connectivity index (χ1v) is 4.62. The van der Waals surface area contributed by atoms with Gasteiger partial charge in [-0.1, -0.05) is 4.68 Å². The number of aliphatic carboxylic acids is 1. The Hall–Kier alpha value is -2.02. The number of carboxylic acids is 1. The Morgan fingerprint density at radius 3 is 2.69 bits per heavy atom. The highest BCUT2D eigenvalue weighted by molar-refractivity contribution is 5.92. The number of carbonyl (C=O) groups is 2. The highest BCUT2D eigenvalue weighted by Gasteiger charge is 2.10. The Labute approximate surface area is 91.7 Å². The maximum atomic E-state index is 10.7. The highest BCUT2D eigenvalue weighted by atomic mass is 16.4. The van der Waals surface area contributed by atoms with Gasteiger partial charge in [0.1, 0.15) is 6.20 Å². The molecule has 0 bridgehead atoms.